The molecule has 0 spiro atoms. The third kappa shape index (κ3) is 3.41. The van der Waals surface area contributed by atoms with Gasteiger partial charge in [0.1, 0.15) is 10.7 Å². The molecule has 0 aliphatic carbocycles. The van der Waals surface area contributed by atoms with Crippen LogP contribution in [0.2, 0.25) is 0 Å². The molecule has 0 aliphatic rings. The average molecular weight is 320 g/mol. The summed E-state index contributed by atoms with van der Waals surface area (Å²) in [6.45, 7) is 9.34. The van der Waals surface area contributed by atoms with Gasteiger partial charge in [0.05, 0.1) is 11.4 Å². The maximum atomic E-state index is 12.3. The fourth-order valence-corrected chi connectivity index (χ4v) is 3.50. The molecule has 0 atom stereocenters. The Balaban J connectivity index is 2.20. The molecular formula is C15H20N4O2S. The molecule has 0 saturated carbocycles. The maximum absolute atomic E-state index is 12.3. The van der Waals surface area contributed by atoms with Gasteiger partial charge in [-0.2, -0.15) is 0 Å². The fraction of sp³-hybridized carbons (Fsp3) is 0.467. The third-order valence-electron chi connectivity index (χ3n) is 3.15. The standard InChI is InChI=1S/C15H20N4O2S/c1-7(2)17-11(20)6-16-14(21)13-8(3)12-9(4)18-10(5)19-15(12)22-13/h7H,6H2,1-5H3,(H,16,21)(H,17,20). The highest BCUT2D eigenvalue weighted by molar-refractivity contribution is 7.20. The second-order valence-corrected chi connectivity index (χ2v) is 6.50. The second kappa shape index (κ2) is 6.39. The molecule has 22 heavy (non-hydrogen) atoms. The van der Waals surface area contributed by atoms with Crippen LogP contribution in [0.15, 0.2) is 0 Å². The molecule has 2 N–H and O–H groups in total. The molecule has 0 fully saturated rings. The van der Waals surface area contributed by atoms with Crippen molar-refractivity contribution in [1.29, 1.82) is 0 Å². The fourth-order valence-electron chi connectivity index (χ4n) is 2.30. The molecule has 0 radical (unpaired) electrons. The molecule has 2 amide bonds. The lowest BCUT2D eigenvalue weighted by Crippen LogP contribution is -2.39. The van der Waals surface area contributed by atoms with Crippen LogP contribution >= 0.6 is 11.3 Å². The van der Waals surface area contributed by atoms with Crippen LogP contribution in [0.5, 0.6) is 0 Å². The lowest BCUT2D eigenvalue weighted by molar-refractivity contribution is -0.120. The predicted octanol–water partition coefficient (Wildman–Crippen LogP) is 1.87. The van der Waals surface area contributed by atoms with Gasteiger partial charge < -0.3 is 10.6 Å². The van der Waals surface area contributed by atoms with E-state index < -0.39 is 0 Å². The lowest BCUT2D eigenvalue weighted by atomic mass is 10.1. The molecule has 6 nitrogen and oxygen atoms in total. The van der Waals surface area contributed by atoms with Crippen LogP contribution in [-0.2, 0) is 4.79 Å². The van der Waals surface area contributed by atoms with E-state index in [1.807, 2.05) is 34.6 Å². The molecule has 0 unspecified atom stereocenters. The average Bonchev–Trinajstić information content (AvgIpc) is 2.72. The van der Waals surface area contributed by atoms with Crippen molar-refractivity contribution < 1.29 is 9.59 Å². The Labute approximate surface area is 133 Å². The molecule has 7 heteroatoms. The molecule has 118 valence electrons. The Kier molecular flexibility index (Phi) is 4.75. The van der Waals surface area contributed by atoms with Crippen LogP contribution in [0.1, 0.15) is 40.6 Å². The number of amides is 2. The summed E-state index contributed by atoms with van der Waals surface area (Å²) in [4.78, 5) is 34.0. The van der Waals surface area contributed by atoms with Crippen molar-refractivity contribution in [3.8, 4) is 0 Å². The Morgan fingerprint density at radius 3 is 2.50 bits per heavy atom. The molecule has 0 saturated heterocycles. The normalized spacial score (nSPS) is 11.0. The molecular weight excluding hydrogens is 300 g/mol. The van der Waals surface area contributed by atoms with Crippen LogP contribution in [0.3, 0.4) is 0 Å². The number of nitrogens with zero attached hydrogens (tertiary/aromatic N) is 2. The second-order valence-electron chi connectivity index (χ2n) is 5.50. The SMILES string of the molecule is Cc1nc(C)c2c(C)c(C(=O)NCC(=O)NC(C)C)sc2n1. The highest BCUT2D eigenvalue weighted by Gasteiger charge is 2.19. The number of carbonyl (C=O) groups is 2. The number of aryl methyl sites for hydroxylation is 3. The van der Waals surface area contributed by atoms with Crippen molar-refractivity contribution in [3.05, 3.63) is 22.0 Å². The molecule has 0 bridgehead atoms. The van der Waals surface area contributed by atoms with Gasteiger partial charge >= 0.3 is 0 Å². The van der Waals surface area contributed by atoms with Crippen molar-refractivity contribution in [2.24, 2.45) is 0 Å². The van der Waals surface area contributed by atoms with Gasteiger partial charge in [-0.15, -0.1) is 11.3 Å². The van der Waals surface area contributed by atoms with E-state index in [0.29, 0.717) is 10.7 Å². The van der Waals surface area contributed by atoms with Crippen molar-refractivity contribution in [2.45, 2.75) is 40.7 Å². The number of nitrogens with one attached hydrogen (secondary N) is 2. The summed E-state index contributed by atoms with van der Waals surface area (Å²) in [6, 6.07) is 0.0522. The van der Waals surface area contributed by atoms with Crippen LogP contribution in [-0.4, -0.2) is 34.4 Å². The number of hydrogen-bond donors (Lipinski definition) is 2. The van der Waals surface area contributed by atoms with E-state index in [2.05, 4.69) is 20.6 Å². The first-order valence-corrected chi connectivity index (χ1v) is 7.93. The summed E-state index contributed by atoms with van der Waals surface area (Å²) in [5, 5.41) is 6.31. The molecule has 2 aromatic rings. The van der Waals surface area contributed by atoms with Crippen molar-refractivity contribution in [2.75, 3.05) is 6.54 Å². The van der Waals surface area contributed by atoms with Crippen LogP contribution in [0.25, 0.3) is 10.2 Å². The highest BCUT2D eigenvalue weighted by Crippen LogP contribution is 2.30. The summed E-state index contributed by atoms with van der Waals surface area (Å²) in [6.07, 6.45) is 0. The number of carbonyl (C=O) groups excluding carboxylic acids is 2. The summed E-state index contributed by atoms with van der Waals surface area (Å²) in [7, 11) is 0. The van der Waals surface area contributed by atoms with Gasteiger partial charge in [-0.05, 0) is 40.2 Å². The predicted molar refractivity (Wildman–Crippen MR) is 87.2 cm³/mol. The number of thiophene rings is 1. The van der Waals surface area contributed by atoms with E-state index >= 15 is 0 Å². The minimum Gasteiger partial charge on any atom is -0.352 e. The number of fused-ring (bicyclic) bond motifs is 1. The maximum Gasteiger partial charge on any atom is 0.262 e. The molecule has 2 heterocycles. The largest absolute Gasteiger partial charge is 0.352 e. The monoisotopic (exact) mass is 320 g/mol. The summed E-state index contributed by atoms with van der Waals surface area (Å²) < 4.78 is 0. The minimum absolute atomic E-state index is 0.0333. The van der Waals surface area contributed by atoms with Crippen molar-refractivity contribution in [1.82, 2.24) is 20.6 Å². The van der Waals surface area contributed by atoms with E-state index in [-0.39, 0.29) is 24.4 Å². The van der Waals surface area contributed by atoms with E-state index in [0.717, 1.165) is 21.5 Å². The van der Waals surface area contributed by atoms with E-state index in [1.165, 1.54) is 11.3 Å². The van der Waals surface area contributed by atoms with E-state index in [4.69, 9.17) is 0 Å². The Hall–Kier alpha value is -2.02. The number of hydrogen-bond acceptors (Lipinski definition) is 5. The number of rotatable bonds is 4. The zero-order valence-corrected chi connectivity index (χ0v) is 14.2. The highest BCUT2D eigenvalue weighted by atomic mass is 32.1. The Morgan fingerprint density at radius 2 is 1.86 bits per heavy atom. The zero-order chi connectivity index (χ0) is 16.4. The van der Waals surface area contributed by atoms with E-state index in [9.17, 15) is 9.59 Å². The Morgan fingerprint density at radius 1 is 1.18 bits per heavy atom. The zero-order valence-electron chi connectivity index (χ0n) is 13.4. The minimum atomic E-state index is -0.253. The molecule has 0 aromatic carbocycles. The summed E-state index contributed by atoms with van der Waals surface area (Å²) in [5.41, 5.74) is 1.73. The van der Waals surface area contributed by atoms with Gasteiger partial charge in [0.15, 0.2) is 0 Å². The van der Waals surface area contributed by atoms with Gasteiger partial charge in [0.25, 0.3) is 5.91 Å². The summed E-state index contributed by atoms with van der Waals surface area (Å²) in [5.74, 6) is 0.236. The van der Waals surface area contributed by atoms with Gasteiger partial charge in [-0.3, -0.25) is 9.59 Å². The van der Waals surface area contributed by atoms with Crippen LogP contribution in [0, 0.1) is 20.8 Å². The molecule has 2 rings (SSSR count). The van der Waals surface area contributed by atoms with Crippen LogP contribution < -0.4 is 10.6 Å². The van der Waals surface area contributed by atoms with Gasteiger partial charge in [0.2, 0.25) is 5.91 Å². The smallest absolute Gasteiger partial charge is 0.262 e. The molecule has 2 aromatic heterocycles. The lowest BCUT2D eigenvalue weighted by Gasteiger charge is -2.09. The van der Waals surface area contributed by atoms with Crippen molar-refractivity contribution in [3.63, 3.8) is 0 Å². The quantitative estimate of drug-likeness (QED) is 0.901. The number of aromatic nitrogens is 2. The van der Waals surface area contributed by atoms with E-state index in [1.54, 1.807) is 0 Å². The first-order chi connectivity index (χ1) is 10.3. The summed E-state index contributed by atoms with van der Waals surface area (Å²) >= 11 is 1.33. The third-order valence-corrected chi connectivity index (χ3v) is 4.33. The van der Waals surface area contributed by atoms with Gasteiger partial charge in [-0.1, -0.05) is 0 Å². The van der Waals surface area contributed by atoms with Crippen LogP contribution in [0.4, 0.5) is 0 Å². The topological polar surface area (TPSA) is 84.0 Å². The molecule has 0 aliphatic heterocycles. The first kappa shape index (κ1) is 16.4. The van der Waals surface area contributed by atoms with Crippen molar-refractivity contribution >= 4 is 33.4 Å². The van der Waals surface area contributed by atoms with Gasteiger partial charge in [0, 0.05) is 17.1 Å². The Bertz CT molecular complexity index is 737. The first-order valence-electron chi connectivity index (χ1n) is 7.11. The van der Waals surface area contributed by atoms with Gasteiger partial charge in [-0.25, -0.2) is 9.97 Å².